The fourth-order valence-electron chi connectivity index (χ4n) is 1.98. The molecule has 24 heavy (non-hydrogen) atoms. The minimum atomic E-state index is -0.390. The first-order valence-corrected chi connectivity index (χ1v) is 7.58. The number of hydrogen-bond acceptors (Lipinski definition) is 5. The summed E-state index contributed by atoms with van der Waals surface area (Å²) in [6.07, 6.45) is 3.52. The van der Waals surface area contributed by atoms with Crippen LogP contribution in [0.1, 0.15) is 32.8 Å². The Labute approximate surface area is 140 Å². The van der Waals surface area contributed by atoms with Gasteiger partial charge >= 0.3 is 0 Å². The second kappa shape index (κ2) is 8.73. The molecule has 0 atom stereocenters. The lowest BCUT2D eigenvalue weighted by atomic mass is 10.1. The van der Waals surface area contributed by atoms with E-state index in [1.165, 1.54) is 12.4 Å². The first-order chi connectivity index (χ1) is 11.6. The van der Waals surface area contributed by atoms with Crippen LogP contribution in [-0.2, 0) is 4.74 Å². The summed E-state index contributed by atoms with van der Waals surface area (Å²) in [4.78, 5) is 32.5. The molecular weight excluding hydrogens is 308 g/mol. The van der Waals surface area contributed by atoms with Crippen molar-refractivity contribution in [2.45, 2.75) is 13.3 Å². The van der Waals surface area contributed by atoms with Gasteiger partial charge in [0.2, 0.25) is 0 Å². The van der Waals surface area contributed by atoms with Crippen LogP contribution >= 0.6 is 0 Å². The number of aryl methyl sites for hydroxylation is 1. The molecule has 1 aromatic heterocycles. The van der Waals surface area contributed by atoms with E-state index in [0.717, 1.165) is 5.56 Å². The number of amides is 2. The summed E-state index contributed by atoms with van der Waals surface area (Å²) in [6, 6.07) is 7.11. The van der Waals surface area contributed by atoms with E-state index >= 15 is 0 Å². The summed E-state index contributed by atoms with van der Waals surface area (Å²) >= 11 is 0. The molecule has 0 unspecified atom stereocenters. The lowest BCUT2D eigenvalue weighted by Crippen LogP contribution is -2.28. The summed E-state index contributed by atoms with van der Waals surface area (Å²) < 4.78 is 4.93. The van der Waals surface area contributed by atoms with Gasteiger partial charge in [-0.3, -0.25) is 9.59 Å². The third-order valence-corrected chi connectivity index (χ3v) is 3.27. The van der Waals surface area contributed by atoms with E-state index in [0.29, 0.717) is 25.1 Å². The maximum atomic E-state index is 12.3. The van der Waals surface area contributed by atoms with Crippen molar-refractivity contribution >= 4 is 17.6 Å². The van der Waals surface area contributed by atoms with E-state index in [2.05, 4.69) is 20.6 Å². The summed E-state index contributed by atoms with van der Waals surface area (Å²) in [5.74, 6) is -0.602. The van der Waals surface area contributed by atoms with Gasteiger partial charge in [0.1, 0.15) is 0 Å². The van der Waals surface area contributed by atoms with Crippen LogP contribution in [0.25, 0.3) is 0 Å². The summed E-state index contributed by atoms with van der Waals surface area (Å²) in [7, 11) is 1.60. The van der Waals surface area contributed by atoms with Gasteiger partial charge in [0, 0.05) is 38.2 Å². The molecule has 0 radical (unpaired) electrons. The molecule has 0 aliphatic carbocycles. The van der Waals surface area contributed by atoms with Gasteiger partial charge in [0.25, 0.3) is 11.8 Å². The molecule has 0 aliphatic heterocycles. The zero-order chi connectivity index (χ0) is 17.4. The molecule has 0 fully saturated rings. The predicted octanol–water partition coefficient (Wildman–Crippen LogP) is 1.80. The van der Waals surface area contributed by atoms with Crippen LogP contribution in [0.3, 0.4) is 0 Å². The highest BCUT2D eigenvalue weighted by atomic mass is 16.5. The Kier molecular flexibility index (Phi) is 6.39. The van der Waals surface area contributed by atoms with Crippen LogP contribution < -0.4 is 10.6 Å². The molecule has 2 rings (SSSR count). The maximum Gasteiger partial charge on any atom is 0.273 e. The molecule has 2 aromatic rings. The zero-order valence-corrected chi connectivity index (χ0v) is 13.7. The van der Waals surface area contributed by atoms with Gasteiger partial charge in [0.05, 0.1) is 0 Å². The molecule has 0 saturated heterocycles. The third-order valence-electron chi connectivity index (χ3n) is 3.27. The molecule has 1 heterocycles. The van der Waals surface area contributed by atoms with E-state index in [4.69, 9.17) is 4.74 Å². The molecule has 7 nitrogen and oxygen atoms in total. The van der Waals surface area contributed by atoms with Crippen LogP contribution in [0, 0.1) is 6.92 Å². The molecule has 0 bridgehead atoms. The van der Waals surface area contributed by atoms with Crippen LogP contribution in [0.4, 0.5) is 5.82 Å². The van der Waals surface area contributed by atoms with Crippen molar-refractivity contribution < 1.29 is 14.3 Å². The first kappa shape index (κ1) is 17.6. The zero-order valence-electron chi connectivity index (χ0n) is 13.7. The van der Waals surface area contributed by atoms with Gasteiger partial charge < -0.3 is 15.4 Å². The monoisotopic (exact) mass is 328 g/mol. The molecule has 0 aliphatic rings. The summed E-state index contributed by atoms with van der Waals surface area (Å²) in [5, 5.41) is 5.35. The number of benzene rings is 1. The standard InChI is InChI=1S/C17H20N4O3/c1-12-4-6-13(7-5-12)16(22)21-15-14(18-9-10-19-15)17(23)20-8-3-11-24-2/h4-7,9-10H,3,8,11H2,1-2H3,(H,20,23)(H,19,21,22). The Morgan fingerprint density at radius 3 is 2.50 bits per heavy atom. The van der Waals surface area contributed by atoms with Crippen LogP contribution in [0.2, 0.25) is 0 Å². The largest absolute Gasteiger partial charge is 0.385 e. The number of aromatic nitrogens is 2. The highest BCUT2D eigenvalue weighted by molar-refractivity contribution is 6.07. The number of anilines is 1. The molecule has 1 aromatic carbocycles. The highest BCUT2D eigenvalue weighted by Crippen LogP contribution is 2.11. The van der Waals surface area contributed by atoms with Crippen molar-refractivity contribution in [2.75, 3.05) is 25.6 Å². The van der Waals surface area contributed by atoms with Gasteiger partial charge in [-0.05, 0) is 25.5 Å². The van der Waals surface area contributed by atoms with Crippen molar-refractivity contribution in [3.8, 4) is 0 Å². The van der Waals surface area contributed by atoms with Gasteiger partial charge in [-0.2, -0.15) is 0 Å². The van der Waals surface area contributed by atoms with Crippen molar-refractivity contribution in [3.63, 3.8) is 0 Å². The van der Waals surface area contributed by atoms with E-state index < -0.39 is 5.91 Å². The van der Waals surface area contributed by atoms with E-state index in [9.17, 15) is 9.59 Å². The van der Waals surface area contributed by atoms with Gasteiger partial charge in [-0.25, -0.2) is 9.97 Å². The molecular formula is C17H20N4O3. The maximum absolute atomic E-state index is 12.3. The average molecular weight is 328 g/mol. The number of ether oxygens (including phenoxy) is 1. The van der Waals surface area contributed by atoms with Gasteiger partial charge in [-0.1, -0.05) is 17.7 Å². The van der Waals surface area contributed by atoms with E-state index in [-0.39, 0.29) is 17.4 Å². The summed E-state index contributed by atoms with van der Waals surface area (Å²) in [5.41, 5.74) is 1.62. The molecule has 126 valence electrons. The van der Waals surface area contributed by atoms with Gasteiger partial charge in [-0.15, -0.1) is 0 Å². The molecule has 0 spiro atoms. The number of carbonyl (C=O) groups is 2. The van der Waals surface area contributed by atoms with E-state index in [1.807, 2.05) is 19.1 Å². The predicted molar refractivity (Wildman–Crippen MR) is 90.0 cm³/mol. The second-order valence-corrected chi connectivity index (χ2v) is 5.18. The number of hydrogen-bond donors (Lipinski definition) is 2. The minimum Gasteiger partial charge on any atom is -0.385 e. The van der Waals surface area contributed by atoms with Crippen LogP contribution in [-0.4, -0.2) is 42.0 Å². The topological polar surface area (TPSA) is 93.2 Å². The minimum absolute atomic E-state index is 0.0791. The Bertz CT molecular complexity index is 701. The fraction of sp³-hybridized carbons (Fsp3) is 0.294. The molecule has 2 amide bonds. The fourth-order valence-corrected chi connectivity index (χ4v) is 1.98. The lowest BCUT2D eigenvalue weighted by Gasteiger charge is -2.09. The molecule has 7 heteroatoms. The van der Waals surface area contributed by atoms with E-state index in [1.54, 1.807) is 19.2 Å². The normalized spacial score (nSPS) is 10.2. The Morgan fingerprint density at radius 1 is 1.08 bits per heavy atom. The van der Waals surface area contributed by atoms with Crippen molar-refractivity contribution in [1.29, 1.82) is 0 Å². The van der Waals surface area contributed by atoms with Crippen molar-refractivity contribution in [2.24, 2.45) is 0 Å². The number of rotatable bonds is 7. The molecule has 0 saturated carbocycles. The summed E-state index contributed by atoms with van der Waals surface area (Å²) in [6.45, 7) is 2.95. The third kappa shape index (κ3) is 4.85. The van der Waals surface area contributed by atoms with Crippen molar-refractivity contribution in [1.82, 2.24) is 15.3 Å². The number of carbonyl (C=O) groups excluding carboxylic acids is 2. The number of nitrogens with zero attached hydrogens (tertiary/aromatic N) is 2. The Balaban J connectivity index is 2.06. The highest BCUT2D eigenvalue weighted by Gasteiger charge is 2.16. The lowest BCUT2D eigenvalue weighted by molar-refractivity contribution is 0.0944. The Morgan fingerprint density at radius 2 is 1.79 bits per heavy atom. The smallest absolute Gasteiger partial charge is 0.273 e. The van der Waals surface area contributed by atoms with Crippen LogP contribution in [0.15, 0.2) is 36.7 Å². The first-order valence-electron chi connectivity index (χ1n) is 7.58. The van der Waals surface area contributed by atoms with Crippen LogP contribution in [0.5, 0.6) is 0 Å². The number of methoxy groups -OCH3 is 1. The average Bonchev–Trinajstić information content (AvgIpc) is 2.59. The SMILES string of the molecule is COCCCNC(=O)c1nccnc1NC(=O)c1ccc(C)cc1. The second-order valence-electron chi connectivity index (χ2n) is 5.18. The quantitative estimate of drug-likeness (QED) is 0.756. The Hall–Kier alpha value is -2.80. The molecule has 2 N–H and O–H groups in total. The number of nitrogens with one attached hydrogen (secondary N) is 2. The van der Waals surface area contributed by atoms with Gasteiger partial charge in [0.15, 0.2) is 11.5 Å². The van der Waals surface area contributed by atoms with Crippen molar-refractivity contribution in [3.05, 3.63) is 53.5 Å².